The second-order valence-electron chi connectivity index (χ2n) is 6.33. The molecular weight excluding hydrogens is 364 g/mol. The summed E-state index contributed by atoms with van der Waals surface area (Å²) in [5.41, 5.74) is 0. The number of thioether (sulfide) groups is 1. The first-order valence-electron chi connectivity index (χ1n) is 9.14. The van der Waals surface area contributed by atoms with Crippen LogP contribution in [-0.2, 0) is 16.1 Å². The van der Waals surface area contributed by atoms with E-state index in [2.05, 4.69) is 15.1 Å². The number of aromatic nitrogens is 4. The number of hydrogen-bond acceptors (Lipinski definition) is 6. The second kappa shape index (κ2) is 10.1. The zero-order chi connectivity index (χ0) is 18.9. The summed E-state index contributed by atoms with van der Waals surface area (Å²) in [5.74, 6) is 0.626. The smallest absolute Gasteiger partial charge is 0.233 e. The van der Waals surface area contributed by atoms with Gasteiger partial charge in [0.2, 0.25) is 11.8 Å². The van der Waals surface area contributed by atoms with Crippen LogP contribution in [-0.4, -0.2) is 73.3 Å². The molecule has 0 radical (unpaired) electrons. The van der Waals surface area contributed by atoms with Crippen molar-refractivity contribution in [1.29, 1.82) is 0 Å². The summed E-state index contributed by atoms with van der Waals surface area (Å²) in [5, 5.41) is 4.89. The zero-order valence-electron chi connectivity index (χ0n) is 15.2. The van der Waals surface area contributed by atoms with Gasteiger partial charge in [0.15, 0.2) is 0 Å². The van der Waals surface area contributed by atoms with Gasteiger partial charge in [-0.3, -0.25) is 14.3 Å². The van der Waals surface area contributed by atoms with Crippen molar-refractivity contribution in [2.75, 3.05) is 31.9 Å². The monoisotopic (exact) mass is 388 g/mol. The lowest BCUT2D eigenvalue weighted by Gasteiger charge is -2.22. The van der Waals surface area contributed by atoms with Crippen LogP contribution in [0, 0.1) is 0 Å². The van der Waals surface area contributed by atoms with Crippen LogP contribution in [0.1, 0.15) is 19.3 Å². The quantitative estimate of drug-likeness (QED) is 0.665. The molecule has 0 atom stereocenters. The van der Waals surface area contributed by atoms with Crippen molar-refractivity contribution < 1.29 is 9.59 Å². The molecule has 3 heterocycles. The van der Waals surface area contributed by atoms with Crippen LogP contribution in [0.4, 0.5) is 0 Å². The number of pyridine rings is 1. The Morgan fingerprint density at radius 1 is 1.07 bits per heavy atom. The first kappa shape index (κ1) is 19.3. The first-order chi connectivity index (χ1) is 13.2. The maximum Gasteiger partial charge on any atom is 0.233 e. The summed E-state index contributed by atoms with van der Waals surface area (Å²) in [6.45, 7) is 3.29. The van der Waals surface area contributed by atoms with Crippen LogP contribution in [0.25, 0.3) is 0 Å². The Morgan fingerprint density at radius 2 is 1.89 bits per heavy atom. The number of rotatable bonds is 7. The highest BCUT2D eigenvalue weighted by atomic mass is 32.2. The predicted molar refractivity (Wildman–Crippen MR) is 102 cm³/mol. The summed E-state index contributed by atoms with van der Waals surface area (Å²) in [6, 6.07) is 5.68. The first-order valence-corrected chi connectivity index (χ1v) is 10.1. The lowest BCUT2D eigenvalue weighted by molar-refractivity contribution is -0.132. The van der Waals surface area contributed by atoms with Gasteiger partial charge in [-0.1, -0.05) is 17.8 Å². The van der Waals surface area contributed by atoms with E-state index in [4.69, 9.17) is 0 Å². The van der Waals surface area contributed by atoms with Gasteiger partial charge in [0.25, 0.3) is 0 Å². The Kier molecular flexibility index (Phi) is 7.20. The minimum Gasteiger partial charge on any atom is -0.341 e. The molecule has 8 nitrogen and oxygen atoms in total. The van der Waals surface area contributed by atoms with Gasteiger partial charge >= 0.3 is 0 Å². The number of nitrogens with zero attached hydrogens (tertiary/aromatic N) is 6. The summed E-state index contributed by atoms with van der Waals surface area (Å²) in [6.07, 6.45) is 6.92. The highest BCUT2D eigenvalue weighted by Gasteiger charge is 2.21. The van der Waals surface area contributed by atoms with Crippen LogP contribution >= 0.6 is 11.8 Å². The van der Waals surface area contributed by atoms with Gasteiger partial charge < -0.3 is 9.80 Å². The molecule has 1 saturated heterocycles. The van der Waals surface area contributed by atoms with Crippen molar-refractivity contribution in [3.63, 3.8) is 0 Å². The maximum absolute atomic E-state index is 12.5. The fraction of sp³-hybridized carbons (Fsp3) is 0.500. The van der Waals surface area contributed by atoms with E-state index in [0.29, 0.717) is 44.9 Å². The molecule has 1 fully saturated rings. The molecule has 0 N–H and O–H groups in total. The summed E-state index contributed by atoms with van der Waals surface area (Å²) >= 11 is 1.45. The molecule has 1 aliphatic rings. The molecular formula is C18H24N6O2S. The van der Waals surface area contributed by atoms with Gasteiger partial charge in [-0.25, -0.2) is 9.97 Å². The molecule has 144 valence electrons. The van der Waals surface area contributed by atoms with Crippen molar-refractivity contribution in [3.8, 4) is 0 Å². The second-order valence-corrected chi connectivity index (χ2v) is 7.33. The molecule has 2 amide bonds. The zero-order valence-corrected chi connectivity index (χ0v) is 16.1. The molecule has 0 spiro atoms. The van der Waals surface area contributed by atoms with Crippen LogP contribution in [0.3, 0.4) is 0 Å². The van der Waals surface area contributed by atoms with E-state index in [-0.39, 0.29) is 11.8 Å². The van der Waals surface area contributed by atoms with Crippen molar-refractivity contribution in [3.05, 3.63) is 37.1 Å². The molecule has 3 rings (SSSR count). The third kappa shape index (κ3) is 6.06. The van der Waals surface area contributed by atoms with E-state index in [9.17, 15) is 9.59 Å². The Bertz CT molecular complexity index is 725. The largest absolute Gasteiger partial charge is 0.341 e. The lowest BCUT2D eigenvalue weighted by Crippen LogP contribution is -2.38. The molecule has 0 bridgehead atoms. The van der Waals surface area contributed by atoms with E-state index in [1.807, 2.05) is 28.0 Å². The minimum absolute atomic E-state index is 0.103. The Balaban J connectivity index is 1.39. The van der Waals surface area contributed by atoms with E-state index in [0.717, 1.165) is 17.9 Å². The van der Waals surface area contributed by atoms with Gasteiger partial charge in [0.1, 0.15) is 12.7 Å². The Morgan fingerprint density at radius 3 is 2.59 bits per heavy atom. The Hall–Kier alpha value is -2.42. The summed E-state index contributed by atoms with van der Waals surface area (Å²) in [7, 11) is 0. The van der Waals surface area contributed by atoms with E-state index in [1.54, 1.807) is 17.2 Å². The third-order valence-electron chi connectivity index (χ3n) is 4.43. The SMILES string of the molecule is O=C(CCCn1cncn1)N1CCCN(C(=O)CSc2ccccn2)CC1. The topological polar surface area (TPSA) is 84.2 Å². The average Bonchev–Trinajstić information content (AvgIpc) is 3.08. The highest BCUT2D eigenvalue weighted by Crippen LogP contribution is 2.15. The molecule has 0 aromatic carbocycles. The van der Waals surface area contributed by atoms with Gasteiger partial charge in [-0.2, -0.15) is 5.10 Å². The van der Waals surface area contributed by atoms with Crippen molar-refractivity contribution in [1.82, 2.24) is 29.5 Å². The Labute approximate surface area is 163 Å². The number of carbonyl (C=O) groups is 2. The van der Waals surface area contributed by atoms with Gasteiger partial charge in [0, 0.05) is 45.3 Å². The molecule has 2 aromatic rings. The normalized spacial score (nSPS) is 14.8. The standard InChI is InChI=1S/C18H24N6O2S/c25-17(6-3-10-24-15-19-14-21-24)22-8-4-9-23(12-11-22)18(26)13-27-16-5-1-2-7-20-16/h1-2,5,7,14-15H,3-4,6,8-13H2. The molecule has 1 aliphatic heterocycles. The number of amides is 2. The van der Waals surface area contributed by atoms with Crippen molar-refractivity contribution >= 4 is 23.6 Å². The fourth-order valence-corrected chi connectivity index (χ4v) is 3.74. The average molecular weight is 388 g/mol. The molecule has 0 aliphatic carbocycles. The highest BCUT2D eigenvalue weighted by molar-refractivity contribution is 7.99. The number of aryl methyl sites for hydroxylation is 1. The van der Waals surface area contributed by atoms with Crippen molar-refractivity contribution in [2.24, 2.45) is 0 Å². The number of carbonyl (C=O) groups excluding carboxylic acids is 2. The minimum atomic E-state index is 0.103. The maximum atomic E-state index is 12.5. The fourth-order valence-electron chi connectivity index (χ4n) is 2.97. The van der Waals surface area contributed by atoms with Gasteiger partial charge in [-0.15, -0.1) is 0 Å². The van der Waals surface area contributed by atoms with Gasteiger partial charge in [-0.05, 0) is 25.0 Å². The van der Waals surface area contributed by atoms with Crippen LogP contribution in [0.5, 0.6) is 0 Å². The van der Waals surface area contributed by atoms with E-state index < -0.39 is 0 Å². The molecule has 27 heavy (non-hydrogen) atoms. The molecule has 9 heteroatoms. The van der Waals surface area contributed by atoms with Gasteiger partial charge in [0.05, 0.1) is 10.8 Å². The van der Waals surface area contributed by atoms with E-state index >= 15 is 0 Å². The summed E-state index contributed by atoms with van der Waals surface area (Å²) < 4.78 is 1.73. The molecule has 0 unspecified atom stereocenters. The number of hydrogen-bond donors (Lipinski definition) is 0. The molecule has 0 saturated carbocycles. The predicted octanol–water partition coefficient (Wildman–Crippen LogP) is 1.31. The third-order valence-corrected chi connectivity index (χ3v) is 5.36. The van der Waals surface area contributed by atoms with Crippen LogP contribution in [0.15, 0.2) is 42.1 Å². The van der Waals surface area contributed by atoms with E-state index in [1.165, 1.54) is 18.1 Å². The summed E-state index contributed by atoms with van der Waals surface area (Å²) in [4.78, 5) is 36.7. The van der Waals surface area contributed by atoms with Crippen LogP contribution < -0.4 is 0 Å². The lowest BCUT2D eigenvalue weighted by atomic mass is 10.2. The van der Waals surface area contributed by atoms with Crippen LogP contribution in [0.2, 0.25) is 0 Å². The van der Waals surface area contributed by atoms with Crippen molar-refractivity contribution in [2.45, 2.75) is 30.8 Å². The molecule has 2 aromatic heterocycles.